The Morgan fingerprint density at radius 1 is 1.35 bits per heavy atom. The summed E-state index contributed by atoms with van der Waals surface area (Å²) in [5.41, 5.74) is 0.975. The molecule has 0 aliphatic heterocycles. The summed E-state index contributed by atoms with van der Waals surface area (Å²) < 4.78 is 11.0. The molecule has 3 heteroatoms. The van der Waals surface area contributed by atoms with Crippen LogP contribution in [0.15, 0.2) is 24.4 Å². The van der Waals surface area contributed by atoms with Gasteiger partial charge in [0.1, 0.15) is 11.9 Å². The predicted octanol–water partition coefficient (Wildman–Crippen LogP) is 3.06. The molecule has 0 atom stereocenters. The third kappa shape index (κ3) is 3.30. The molecule has 3 nitrogen and oxygen atoms in total. The Balaban J connectivity index is 1.84. The van der Waals surface area contributed by atoms with Crippen molar-refractivity contribution in [2.24, 2.45) is 0 Å². The lowest BCUT2D eigenvalue weighted by molar-refractivity contribution is -0.0382. The number of allylic oxidation sites excluding steroid dienone is 1. The Bertz CT molecular complexity index is 366. The molecule has 0 amide bonds. The molecular formula is C14H19NO2. The number of ether oxygens (including phenoxy) is 2. The van der Waals surface area contributed by atoms with E-state index in [4.69, 9.17) is 9.47 Å². The molecule has 0 bridgehead atoms. The summed E-state index contributed by atoms with van der Waals surface area (Å²) >= 11 is 0. The number of rotatable bonds is 5. The van der Waals surface area contributed by atoms with Crippen molar-refractivity contribution in [3.63, 3.8) is 0 Å². The molecule has 0 N–H and O–H groups in total. The monoisotopic (exact) mass is 233 g/mol. The maximum absolute atomic E-state index is 5.78. The number of methoxy groups -OCH3 is 1. The van der Waals surface area contributed by atoms with Gasteiger partial charge in [0.25, 0.3) is 0 Å². The van der Waals surface area contributed by atoms with Gasteiger partial charge < -0.3 is 9.47 Å². The first kappa shape index (κ1) is 12.1. The van der Waals surface area contributed by atoms with Crippen LogP contribution < -0.4 is 4.74 Å². The molecule has 0 unspecified atom stereocenters. The van der Waals surface area contributed by atoms with Crippen LogP contribution in [0.1, 0.15) is 31.9 Å². The Hall–Kier alpha value is -1.35. The molecule has 1 fully saturated rings. The zero-order chi connectivity index (χ0) is 12.1. The maximum Gasteiger partial charge on any atom is 0.138 e. The van der Waals surface area contributed by atoms with E-state index in [1.165, 1.54) is 0 Å². The van der Waals surface area contributed by atoms with Crippen LogP contribution in [0, 0.1) is 0 Å². The van der Waals surface area contributed by atoms with Crippen molar-refractivity contribution in [1.82, 2.24) is 4.98 Å². The SMILES string of the molecule is CC/C=C/c1ccc(OC2CC(OC)C2)cn1. The highest BCUT2D eigenvalue weighted by Crippen LogP contribution is 2.27. The number of aromatic nitrogens is 1. The Morgan fingerprint density at radius 3 is 2.76 bits per heavy atom. The minimum atomic E-state index is 0.291. The summed E-state index contributed by atoms with van der Waals surface area (Å²) in [4.78, 5) is 4.32. The minimum Gasteiger partial charge on any atom is -0.489 e. The minimum absolute atomic E-state index is 0.291. The summed E-state index contributed by atoms with van der Waals surface area (Å²) in [6.45, 7) is 2.11. The second kappa shape index (κ2) is 5.82. The smallest absolute Gasteiger partial charge is 0.138 e. The van der Waals surface area contributed by atoms with Crippen LogP contribution in [0.5, 0.6) is 5.75 Å². The molecule has 17 heavy (non-hydrogen) atoms. The Kier molecular flexibility index (Phi) is 4.15. The van der Waals surface area contributed by atoms with Crippen LogP contribution >= 0.6 is 0 Å². The van der Waals surface area contributed by atoms with Gasteiger partial charge >= 0.3 is 0 Å². The molecule has 1 saturated carbocycles. The van der Waals surface area contributed by atoms with Crippen LogP contribution in [0.2, 0.25) is 0 Å². The van der Waals surface area contributed by atoms with Crippen molar-refractivity contribution < 1.29 is 9.47 Å². The van der Waals surface area contributed by atoms with Gasteiger partial charge in [-0.05, 0) is 24.6 Å². The lowest BCUT2D eigenvalue weighted by Crippen LogP contribution is -2.38. The molecule has 0 saturated heterocycles. The van der Waals surface area contributed by atoms with Gasteiger partial charge in [0, 0.05) is 20.0 Å². The molecule has 1 aliphatic carbocycles. The van der Waals surface area contributed by atoms with E-state index in [1.807, 2.05) is 18.2 Å². The van der Waals surface area contributed by atoms with E-state index in [-0.39, 0.29) is 0 Å². The van der Waals surface area contributed by atoms with Crippen molar-refractivity contribution in [2.45, 2.75) is 38.4 Å². The van der Waals surface area contributed by atoms with Gasteiger partial charge in [0.15, 0.2) is 0 Å². The molecule has 1 heterocycles. The topological polar surface area (TPSA) is 31.4 Å². The van der Waals surface area contributed by atoms with Crippen molar-refractivity contribution >= 4 is 6.08 Å². The van der Waals surface area contributed by atoms with E-state index in [1.54, 1.807) is 13.3 Å². The van der Waals surface area contributed by atoms with E-state index in [9.17, 15) is 0 Å². The lowest BCUT2D eigenvalue weighted by Gasteiger charge is -2.34. The Morgan fingerprint density at radius 2 is 2.18 bits per heavy atom. The van der Waals surface area contributed by atoms with Crippen LogP contribution in [0.3, 0.4) is 0 Å². The van der Waals surface area contributed by atoms with Gasteiger partial charge in [-0.1, -0.05) is 13.0 Å². The van der Waals surface area contributed by atoms with Crippen LogP contribution in [0.4, 0.5) is 0 Å². The van der Waals surface area contributed by atoms with Gasteiger partial charge in [-0.3, -0.25) is 4.98 Å². The van der Waals surface area contributed by atoms with E-state index >= 15 is 0 Å². The summed E-state index contributed by atoms with van der Waals surface area (Å²) in [5, 5.41) is 0. The number of hydrogen-bond donors (Lipinski definition) is 0. The fourth-order valence-corrected chi connectivity index (χ4v) is 1.80. The number of pyridine rings is 1. The third-order valence-corrected chi connectivity index (χ3v) is 2.97. The Labute approximate surface area is 102 Å². The first-order valence-electron chi connectivity index (χ1n) is 6.14. The summed E-state index contributed by atoms with van der Waals surface area (Å²) in [6.07, 6.45) is 9.56. The largest absolute Gasteiger partial charge is 0.489 e. The molecule has 0 radical (unpaired) electrons. The van der Waals surface area contributed by atoms with Crippen molar-refractivity contribution in [3.05, 3.63) is 30.1 Å². The standard InChI is InChI=1S/C14H19NO2/c1-3-4-5-11-6-7-12(10-15-11)17-14-8-13(9-14)16-2/h4-7,10,13-14H,3,8-9H2,1-2H3/b5-4+. The van der Waals surface area contributed by atoms with Crippen molar-refractivity contribution in [1.29, 1.82) is 0 Å². The fraction of sp³-hybridized carbons (Fsp3) is 0.500. The fourth-order valence-electron chi connectivity index (χ4n) is 1.80. The normalized spacial score (nSPS) is 23.6. The molecule has 1 aromatic rings. The highest BCUT2D eigenvalue weighted by molar-refractivity contribution is 5.45. The molecule has 1 aliphatic rings. The highest BCUT2D eigenvalue weighted by atomic mass is 16.5. The van der Waals surface area contributed by atoms with Gasteiger partial charge in [-0.25, -0.2) is 0 Å². The van der Waals surface area contributed by atoms with Gasteiger partial charge in [-0.2, -0.15) is 0 Å². The second-order valence-corrected chi connectivity index (χ2v) is 4.30. The van der Waals surface area contributed by atoms with Crippen molar-refractivity contribution in [3.8, 4) is 5.75 Å². The van der Waals surface area contributed by atoms with E-state index in [0.717, 1.165) is 30.7 Å². The zero-order valence-corrected chi connectivity index (χ0v) is 10.4. The third-order valence-electron chi connectivity index (χ3n) is 2.97. The summed E-state index contributed by atoms with van der Waals surface area (Å²) in [6, 6.07) is 3.95. The first-order chi connectivity index (χ1) is 8.31. The van der Waals surface area contributed by atoms with E-state index in [2.05, 4.69) is 18.0 Å². The van der Waals surface area contributed by atoms with E-state index < -0.39 is 0 Å². The zero-order valence-electron chi connectivity index (χ0n) is 10.4. The molecular weight excluding hydrogens is 214 g/mol. The van der Waals surface area contributed by atoms with Gasteiger partial charge in [-0.15, -0.1) is 0 Å². The maximum atomic E-state index is 5.78. The molecule has 0 spiro atoms. The van der Waals surface area contributed by atoms with Crippen LogP contribution in [0.25, 0.3) is 6.08 Å². The average Bonchev–Trinajstić information content (AvgIpc) is 2.32. The molecule has 2 rings (SSSR count). The molecule has 1 aromatic heterocycles. The number of nitrogens with zero attached hydrogens (tertiary/aromatic N) is 1. The average molecular weight is 233 g/mol. The highest BCUT2D eigenvalue weighted by Gasteiger charge is 2.30. The van der Waals surface area contributed by atoms with Crippen LogP contribution in [-0.2, 0) is 4.74 Å². The van der Waals surface area contributed by atoms with Crippen LogP contribution in [-0.4, -0.2) is 24.3 Å². The summed E-state index contributed by atoms with van der Waals surface area (Å²) in [5.74, 6) is 0.846. The summed E-state index contributed by atoms with van der Waals surface area (Å²) in [7, 11) is 1.75. The molecule has 0 aromatic carbocycles. The predicted molar refractivity (Wildman–Crippen MR) is 68.0 cm³/mol. The number of hydrogen-bond acceptors (Lipinski definition) is 3. The van der Waals surface area contributed by atoms with Gasteiger partial charge in [0.05, 0.1) is 18.0 Å². The van der Waals surface area contributed by atoms with E-state index in [0.29, 0.717) is 12.2 Å². The second-order valence-electron chi connectivity index (χ2n) is 4.30. The quantitative estimate of drug-likeness (QED) is 0.783. The molecule has 92 valence electrons. The van der Waals surface area contributed by atoms with Crippen molar-refractivity contribution in [2.75, 3.05) is 7.11 Å². The van der Waals surface area contributed by atoms with Gasteiger partial charge in [0.2, 0.25) is 0 Å². The first-order valence-corrected chi connectivity index (χ1v) is 6.14. The lowest BCUT2D eigenvalue weighted by atomic mass is 9.92.